The summed E-state index contributed by atoms with van der Waals surface area (Å²) < 4.78 is 17.6. The first-order chi connectivity index (χ1) is 10.4. The fraction of sp³-hybridized carbons (Fsp3) is 0.500. The third-order valence-electron chi connectivity index (χ3n) is 3.12. The van der Waals surface area contributed by atoms with Crippen molar-refractivity contribution in [2.24, 2.45) is 5.92 Å². The average Bonchev–Trinajstić information content (AvgIpc) is 2.46. The van der Waals surface area contributed by atoms with Gasteiger partial charge >= 0.3 is 6.09 Å². The van der Waals surface area contributed by atoms with E-state index in [1.807, 2.05) is 13.8 Å². The van der Waals surface area contributed by atoms with Crippen molar-refractivity contribution in [1.82, 2.24) is 10.6 Å². The minimum atomic E-state index is -0.646. The Labute approximate surface area is 130 Å². The van der Waals surface area contributed by atoms with Gasteiger partial charge in [0.05, 0.1) is 6.61 Å². The predicted molar refractivity (Wildman–Crippen MR) is 81.9 cm³/mol. The van der Waals surface area contributed by atoms with Crippen molar-refractivity contribution in [3.8, 4) is 0 Å². The van der Waals surface area contributed by atoms with Crippen LogP contribution in [-0.2, 0) is 16.0 Å². The van der Waals surface area contributed by atoms with Crippen molar-refractivity contribution < 1.29 is 18.7 Å². The largest absolute Gasteiger partial charge is 0.450 e. The van der Waals surface area contributed by atoms with Crippen LogP contribution in [0.4, 0.5) is 9.18 Å². The van der Waals surface area contributed by atoms with Crippen molar-refractivity contribution in [1.29, 1.82) is 0 Å². The van der Waals surface area contributed by atoms with Crippen LogP contribution >= 0.6 is 0 Å². The first kappa shape index (κ1) is 17.9. The van der Waals surface area contributed by atoms with Crippen molar-refractivity contribution in [2.75, 3.05) is 13.2 Å². The van der Waals surface area contributed by atoms with E-state index >= 15 is 0 Å². The zero-order chi connectivity index (χ0) is 16.5. The number of ether oxygens (including phenoxy) is 1. The smallest absolute Gasteiger partial charge is 0.407 e. The number of halogens is 1. The molecule has 2 N–H and O–H groups in total. The van der Waals surface area contributed by atoms with E-state index in [1.165, 1.54) is 12.1 Å². The second-order valence-electron chi connectivity index (χ2n) is 5.25. The second kappa shape index (κ2) is 9.02. The molecule has 6 heteroatoms. The number of rotatable bonds is 7. The van der Waals surface area contributed by atoms with E-state index < -0.39 is 12.1 Å². The molecule has 0 bridgehead atoms. The number of nitrogens with one attached hydrogen (secondary N) is 2. The number of alkyl carbamates (subject to hydrolysis) is 1. The average molecular weight is 310 g/mol. The topological polar surface area (TPSA) is 67.4 Å². The van der Waals surface area contributed by atoms with E-state index in [0.717, 1.165) is 5.56 Å². The fourth-order valence-corrected chi connectivity index (χ4v) is 1.93. The lowest BCUT2D eigenvalue weighted by atomic mass is 10.0. The number of benzene rings is 1. The van der Waals surface area contributed by atoms with Crippen LogP contribution < -0.4 is 10.6 Å². The molecule has 1 aromatic carbocycles. The highest BCUT2D eigenvalue weighted by molar-refractivity contribution is 5.85. The molecule has 0 spiro atoms. The molecule has 0 aliphatic heterocycles. The summed E-state index contributed by atoms with van der Waals surface area (Å²) in [6.45, 7) is 6.06. The van der Waals surface area contributed by atoms with E-state index in [9.17, 15) is 14.0 Å². The monoisotopic (exact) mass is 310 g/mol. The molecule has 0 saturated carbocycles. The minimum absolute atomic E-state index is 0.0600. The zero-order valence-electron chi connectivity index (χ0n) is 13.2. The van der Waals surface area contributed by atoms with E-state index in [1.54, 1.807) is 19.1 Å². The van der Waals surface area contributed by atoms with Crippen LogP contribution in [0.5, 0.6) is 0 Å². The van der Waals surface area contributed by atoms with Gasteiger partial charge in [-0.15, -0.1) is 0 Å². The van der Waals surface area contributed by atoms with Crippen LogP contribution in [0.1, 0.15) is 26.3 Å². The maximum Gasteiger partial charge on any atom is 0.407 e. The molecule has 0 heterocycles. The highest BCUT2D eigenvalue weighted by Crippen LogP contribution is 2.04. The molecule has 0 saturated heterocycles. The lowest BCUT2D eigenvalue weighted by molar-refractivity contribution is -0.124. The van der Waals surface area contributed by atoms with Gasteiger partial charge in [-0.05, 0) is 37.0 Å². The minimum Gasteiger partial charge on any atom is -0.450 e. The third kappa shape index (κ3) is 6.11. The standard InChI is InChI=1S/C16H23FN2O3/c1-4-22-16(21)19-14(11(2)3)15(20)18-10-9-12-5-7-13(17)8-6-12/h5-8,11,14H,4,9-10H2,1-3H3,(H,18,20)(H,19,21). The summed E-state index contributed by atoms with van der Waals surface area (Å²) in [5.41, 5.74) is 0.932. The molecule has 0 aliphatic carbocycles. The Bertz CT molecular complexity index is 489. The quantitative estimate of drug-likeness (QED) is 0.812. The Morgan fingerprint density at radius 3 is 2.41 bits per heavy atom. The highest BCUT2D eigenvalue weighted by Gasteiger charge is 2.24. The molecule has 22 heavy (non-hydrogen) atoms. The third-order valence-corrected chi connectivity index (χ3v) is 3.12. The second-order valence-corrected chi connectivity index (χ2v) is 5.25. The van der Waals surface area contributed by atoms with Gasteiger partial charge in [0.25, 0.3) is 0 Å². The summed E-state index contributed by atoms with van der Waals surface area (Å²) in [5, 5.41) is 5.32. The number of carbonyl (C=O) groups excluding carboxylic acids is 2. The summed E-state index contributed by atoms with van der Waals surface area (Å²) in [5.74, 6) is -0.605. The van der Waals surface area contributed by atoms with Gasteiger partial charge in [-0.3, -0.25) is 4.79 Å². The molecule has 1 unspecified atom stereocenters. The van der Waals surface area contributed by atoms with Crippen LogP contribution in [0.25, 0.3) is 0 Å². The van der Waals surface area contributed by atoms with Crippen molar-refractivity contribution >= 4 is 12.0 Å². The summed E-state index contributed by atoms with van der Waals surface area (Å²) in [6, 6.07) is 5.48. The lowest BCUT2D eigenvalue weighted by Crippen LogP contribution is -2.50. The van der Waals surface area contributed by atoms with Gasteiger partial charge in [0.2, 0.25) is 5.91 Å². The lowest BCUT2D eigenvalue weighted by Gasteiger charge is -2.21. The van der Waals surface area contributed by atoms with Crippen LogP contribution in [0, 0.1) is 11.7 Å². The van der Waals surface area contributed by atoms with Crippen LogP contribution in [0.2, 0.25) is 0 Å². The zero-order valence-corrected chi connectivity index (χ0v) is 13.2. The van der Waals surface area contributed by atoms with Crippen LogP contribution in [0.3, 0.4) is 0 Å². The molecule has 1 aromatic rings. The Hall–Kier alpha value is -2.11. The molecule has 0 aliphatic rings. The Balaban J connectivity index is 2.46. The van der Waals surface area contributed by atoms with Gasteiger partial charge < -0.3 is 15.4 Å². The normalized spacial score (nSPS) is 11.9. The van der Waals surface area contributed by atoms with Gasteiger partial charge in [-0.1, -0.05) is 26.0 Å². The van der Waals surface area contributed by atoms with Crippen molar-refractivity contribution in [3.05, 3.63) is 35.6 Å². The van der Waals surface area contributed by atoms with E-state index in [4.69, 9.17) is 4.74 Å². The maximum atomic E-state index is 12.8. The van der Waals surface area contributed by atoms with E-state index in [2.05, 4.69) is 10.6 Å². The van der Waals surface area contributed by atoms with Gasteiger partial charge in [0.15, 0.2) is 0 Å². The number of carbonyl (C=O) groups is 2. The molecule has 122 valence electrons. The van der Waals surface area contributed by atoms with Crippen LogP contribution in [-0.4, -0.2) is 31.2 Å². The van der Waals surface area contributed by atoms with Gasteiger partial charge in [0, 0.05) is 6.54 Å². The van der Waals surface area contributed by atoms with Gasteiger partial charge in [-0.25, -0.2) is 9.18 Å². The summed E-state index contributed by atoms with van der Waals surface area (Å²) in [6.07, 6.45) is -0.00847. The molecular weight excluding hydrogens is 287 g/mol. The summed E-state index contributed by atoms with van der Waals surface area (Å²) >= 11 is 0. The molecule has 0 aromatic heterocycles. The Morgan fingerprint density at radius 2 is 1.86 bits per heavy atom. The van der Waals surface area contributed by atoms with Crippen LogP contribution in [0.15, 0.2) is 24.3 Å². The summed E-state index contributed by atoms with van der Waals surface area (Å²) in [4.78, 5) is 23.6. The first-order valence-electron chi connectivity index (χ1n) is 7.39. The Kier molecular flexibility index (Phi) is 7.36. The molecule has 1 atom stereocenters. The van der Waals surface area contributed by atoms with Crippen molar-refractivity contribution in [2.45, 2.75) is 33.2 Å². The number of hydrogen-bond acceptors (Lipinski definition) is 3. The predicted octanol–water partition coefficient (Wildman–Crippen LogP) is 2.26. The molecule has 5 nitrogen and oxygen atoms in total. The maximum absolute atomic E-state index is 12.8. The van der Waals surface area contributed by atoms with Gasteiger partial charge in [-0.2, -0.15) is 0 Å². The summed E-state index contributed by atoms with van der Waals surface area (Å²) in [7, 11) is 0. The number of amides is 2. The highest BCUT2D eigenvalue weighted by atomic mass is 19.1. The van der Waals surface area contributed by atoms with Gasteiger partial charge in [0.1, 0.15) is 11.9 Å². The number of hydrogen-bond donors (Lipinski definition) is 2. The van der Waals surface area contributed by atoms with E-state index in [0.29, 0.717) is 13.0 Å². The molecular formula is C16H23FN2O3. The van der Waals surface area contributed by atoms with Crippen molar-refractivity contribution in [3.63, 3.8) is 0 Å². The Morgan fingerprint density at radius 1 is 1.23 bits per heavy atom. The molecule has 2 amide bonds. The van der Waals surface area contributed by atoms with E-state index in [-0.39, 0.29) is 24.2 Å². The first-order valence-corrected chi connectivity index (χ1v) is 7.39. The molecule has 0 radical (unpaired) electrons. The fourth-order valence-electron chi connectivity index (χ4n) is 1.93. The molecule has 0 fully saturated rings. The molecule has 1 rings (SSSR count). The SMILES string of the molecule is CCOC(=O)NC(C(=O)NCCc1ccc(F)cc1)C(C)C.